The highest BCUT2D eigenvalue weighted by molar-refractivity contribution is 6.04. The first-order chi connectivity index (χ1) is 12.5. The Morgan fingerprint density at radius 1 is 1.27 bits per heavy atom. The lowest BCUT2D eigenvalue weighted by Gasteiger charge is -2.26. The summed E-state index contributed by atoms with van der Waals surface area (Å²) in [5.41, 5.74) is 5.81. The molecular weight excluding hydrogens is 327 g/mol. The van der Waals surface area contributed by atoms with Crippen LogP contribution in [0.3, 0.4) is 0 Å². The zero-order valence-electron chi connectivity index (χ0n) is 15.2. The number of carbonyl (C=O) groups excluding carboxylic acids is 1. The van der Waals surface area contributed by atoms with Gasteiger partial charge in [0.05, 0.1) is 11.8 Å². The van der Waals surface area contributed by atoms with E-state index in [4.69, 9.17) is 0 Å². The molecule has 0 saturated carbocycles. The Balaban J connectivity index is 1.75. The number of amides is 1. The van der Waals surface area contributed by atoms with Crippen LogP contribution < -0.4 is 5.32 Å². The number of anilines is 1. The van der Waals surface area contributed by atoms with Gasteiger partial charge in [-0.25, -0.2) is 4.39 Å². The van der Waals surface area contributed by atoms with Gasteiger partial charge in [-0.15, -0.1) is 0 Å². The summed E-state index contributed by atoms with van der Waals surface area (Å²) in [4.78, 5) is 15.9. The summed E-state index contributed by atoms with van der Waals surface area (Å²) in [6, 6.07) is 9.11. The molecule has 1 aromatic carbocycles. The van der Waals surface area contributed by atoms with Crippen molar-refractivity contribution >= 4 is 17.2 Å². The Bertz CT molecular complexity index is 868. The predicted octanol–water partition coefficient (Wildman–Crippen LogP) is 5.62. The van der Waals surface area contributed by atoms with Gasteiger partial charge >= 0.3 is 0 Å². The number of benzene rings is 1. The van der Waals surface area contributed by atoms with Gasteiger partial charge in [0.15, 0.2) is 5.82 Å². The quantitative estimate of drug-likeness (QED) is 0.727. The average Bonchev–Trinajstić information content (AvgIpc) is 2.63. The molecule has 26 heavy (non-hydrogen) atoms. The van der Waals surface area contributed by atoms with E-state index >= 15 is 0 Å². The van der Waals surface area contributed by atoms with Crippen LogP contribution in [0.1, 0.15) is 49.0 Å². The number of nitrogens with one attached hydrogen (secondary N) is 1. The van der Waals surface area contributed by atoms with E-state index in [0.717, 1.165) is 25.5 Å². The van der Waals surface area contributed by atoms with Gasteiger partial charge in [-0.05, 0) is 68.4 Å². The smallest absolute Gasteiger partial charge is 0.258 e. The fourth-order valence-electron chi connectivity index (χ4n) is 3.36. The number of aromatic nitrogens is 1. The fourth-order valence-corrected chi connectivity index (χ4v) is 3.36. The molecule has 1 atom stereocenters. The molecule has 4 heteroatoms. The van der Waals surface area contributed by atoms with E-state index in [0.29, 0.717) is 11.6 Å². The molecule has 0 saturated heterocycles. The second kappa shape index (κ2) is 7.65. The number of hydrogen-bond acceptors (Lipinski definition) is 2. The Hall–Kier alpha value is -2.75. The van der Waals surface area contributed by atoms with Gasteiger partial charge in [0.25, 0.3) is 5.91 Å². The molecule has 0 bridgehead atoms. The number of allylic oxidation sites excluding steroid dienone is 3. The van der Waals surface area contributed by atoms with Gasteiger partial charge in [-0.2, -0.15) is 0 Å². The number of carbonyl (C=O) groups is 1. The number of nitrogens with zero attached hydrogens (tertiary/aromatic N) is 1. The molecule has 1 heterocycles. The molecule has 0 unspecified atom stereocenters. The minimum Gasteiger partial charge on any atom is -0.322 e. The van der Waals surface area contributed by atoms with E-state index in [-0.39, 0.29) is 5.56 Å². The highest BCUT2D eigenvalue weighted by Gasteiger charge is 2.20. The van der Waals surface area contributed by atoms with Crippen molar-refractivity contribution in [3.63, 3.8) is 0 Å². The van der Waals surface area contributed by atoms with Crippen LogP contribution in [-0.2, 0) is 0 Å². The van der Waals surface area contributed by atoms with Crippen molar-refractivity contribution in [3.8, 4) is 0 Å². The Kier molecular flexibility index (Phi) is 5.31. The monoisotopic (exact) mass is 350 g/mol. The van der Waals surface area contributed by atoms with Crippen LogP contribution in [0, 0.1) is 11.7 Å². The third-order valence-electron chi connectivity index (χ3n) is 5.04. The summed E-state index contributed by atoms with van der Waals surface area (Å²) >= 11 is 0. The molecule has 3 rings (SSSR count). The first-order valence-electron chi connectivity index (χ1n) is 8.81. The molecule has 1 aliphatic carbocycles. The van der Waals surface area contributed by atoms with Gasteiger partial charge < -0.3 is 5.32 Å². The van der Waals surface area contributed by atoms with Crippen LogP contribution in [0.4, 0.5) is 10.1 Å². The summed E-state index contributed by atoms with van der Waals surface area (Å²) in [6.07, 6.45) is 5.70. The maximum Gasteiger partial charge on any atom is 0.258 e. The van der Waals surface area contributed by atoms with Gasteiger partial charge in [-0.3, -0.25) is 9.78 Å². The van der Waals surface area contributed by atoms with Crippen molar-refractivity contribution in [2.24, 2.45) is 5.92 Å². The van der Waals surface area contributed by atoms with Gasteiger partial charge in [0.2, 0.25) is 0 Å². The molecule has 3 nitrogen and oxygen atoms in total. The summed E-state index contributed by atoms with van der Waals surface area (Å²) in [6.45, 7) is 8.39. The van der Waals surface area contributed by atoms with E-state index in [2.05, 4.69) is 30.7 Å². The van der Waals surface area contributed by atoms with Gasteiger partial charge in [-0.1, -0.05) is 29.9 Å². The van der Waals surface area contributed by atoms with Gasteiger partial charge in [0, 0.05) is 11.9 Å². The Labute approximate surface area is 153 Å². The number of rotatable bonds is 4. The first kappa shape index (κ1) is 18.1. The van der Waals surface area contributed by atoms with Crippen LogP contribution >= 0.6 is 0 Å². The van der Waals surface area contributed by atoms with Crippen molar-refractivity contribution in [1.82, 2.24) is 4.98 Å². The lowest BCUT2D eigenvalue weighted by molar-refractivity contribution is 0.102. The standard InChI is InChI=1S/C22H23FN2O/c1-14(2)17-5-4-15(3)20(12-17)16-6-8-18(9-7-16)25-22(26)19-10-11-24-13-21(19)23/h6-11,13,17H,1,4-5,12H2,2-3H3,(H,25,26)/t17-/m1/s1. The lowest BCUT2D eigenvalue weighted by Crippen LogP contribution is -2.14. The van der Waals surface area contributed by atoms with Crippen molar-refractivity contribution in [3.05, 3.63) is 77.4 Å². The average molecular weight is 350 g/mol. The van der Waals surface area contributed by atoms with E-state index in [9.17, 15) is 9.18 Å². The Morgan fingerprint density at radius 2 is 2.00 bits per heavy atom. The molecule has 1 aliphatic rings. The second-order valence-electron chi connectivity index (χ2n) is 6.93. The number of pyridine rings is 1. The highest BCUT2D eigenvalue weighted by Crippen LogP contribution is 2.38. The minimum atomic E-state index is -0.629. The Morgan fingerprint density at radius 3 is 2.65 bits per heavy atom. The second-order valence-corrected chi connectivity index (χ2v) is 6.93. The van der Waals surface area contributed by atoms with Crippen LogP contribution in [-0.4, -0.2) is 10.9 Å². The van der Waals surface area contributed by atoms with Crippen LogP contribution in [0.2, 0.25) is 0 Å². The lowest BCUT2D eigenvalue weighted by atomic mass is 9.79. The molecule has 1 aromatic heterocycles. The SMILES string of the molecule is C=C(C)[C@@H]1CCC(C)=C(c2ccc(NC(=O)c3ccncc3F)cc2)C1. The summed E-state index contributed by atoms with van der Waals surface area (Å²) < 4.78 is 13.7. The first-order valence-corrected chi connectivity index (χ1v) is 8.81. The van der Waals surface area contributed by atoms with E-state index in [1.54, 1.807) is 0 Å². The zero-order chi connectivity index (χ0) is 18.7. The molecule has 0 radical (unpaired) electrons. The summed E-state index contributed by atoms with van der Waals surface area (Å²) in [5.74, 6) is -0.578. The fraction of sp³-hybridized carbons (Fsp3) is 0.273. The van der Waals surface area contributed by atoms with Crippen molar-refractivity contribution in [1.29, 1.82) is 0 Å². The summed E-state index contributed by atoms with van der Waals surface area (Å²) in [5, 5.41) is 2.73. The van der Waals surface area contributed by atoms with E-state index in [1.165, 1.54) is 34.5 Å². The molecule has 1 amide bonds. The van der Waals surface area contributed by atoms with Crippen molar-refractivity contribution in [2.75, 3.05) is 5.32 Å². The molecule has 0 spiro atoms. The number of halogens is 1. The molecule has 0 fully saturated rings. The minimum absolute atomic E-state index is 0.0146. The third kappa shape index (κ3) is 3.90. The molecule has 134 valence electrons. The molecular formula is C22H23FN2O. The molecule has 0 aliphatic heterocycles. The predicted molar refractivity (Wildman–Crippen MR) is 103 cm³/mol. The maximum absolute atomic E-state index is 13.7. The molecule has 2 aromatic rings. The maximum atomic E-state index is 13.7. The normalized spacial score (nSPS) is 17.1. The highest BCUT2D eigenvalue weighted by atomic mass is 19.1. The van der Waals surface area contributed by atoms with Crippen LogP contribution in [0.25, 0.3) is 5.57 Å². The van der Waals surface area contributed by atoms with Crippen LogP contribution in [0.5, 0.6) is 0 Å². The third-order valence-corrected chi connectivity index (χ3v) is 5.04. The van der Waals surface area contributed by atoms with Gasteiger partial charge in [0.1, 0.15) is 0 Å². The number of hydrogen-bond donors (Lipinski definition) is 1. The van der Waals surface area contributed by atoms with Crippen molar-refractivity contribution < 1.29 is 9.18 Å². The summed E-state index contributed by atoms with van der Waals surface area (Å²) in [7, 11) is 0. The van der Waals surface area contributed by atoms with E-state index in [1.807, 2.05) is 24.3 Å². The topological polar surface area (TPSA) is 42.0 Å². The largest absolute Gasteiger partial charge is 0.322 e. The van der Waals surface area contributed by atoms with Crippen molar-refractivity contribution in [2.45, 2.75) is 33.1 Å². The molecule has 1 N–H and O–H groups in total. The zero-order valence-corrected chi connectivity index (χ0v) is 15.2. The van der Waals surface area contributed by atoms with E-state index < -0.39 is 11.7 Å². The van der Waals surface area contributed by atoms with Crippen LogP contribution in [0.15, 0.2) is 60.5 Å².